The second-order valence-corrected chi connectivity index (χ2v) is 6.86. The highest BCUT2D eigenvalue weighted by atomic mass is 32.3. The van der Waals surface area contributed by atoms with Crippen LogP contribution in [0.2, 0.25) is 0 Å². The van der Waals surface area contributed by atoms with E-state index in [0.717, 1.165) is 6.26 Å². The summed E-state index contributed by atoms with van der Waals surface area (Å²) in [4.78, 5) is 0. The number of sulfonamides is 1. The van der Waals surface area contributed by atoms with Crippen LogP contribution >= 0.6 is 0 Å². The maximum Gasteiger partial charge on any atom is 0.257 e. The number of hydrogen-bond donors (Lipinski definition) is 0. The summed E-state index contributed by atoms with van der Waals surface area (Å²) in [7, 11) is -5.96. The molecule has 0 saturated heterocycles. The van der Waals surface area contributed by atoms with Crippen LogP contribution in [0.1, 0.15) is 13.3 Å². The van der Waals surface area contributed by atoms with Crippen molar-refractivity contribution in [2.45, 2.75) is 13.3 Å². The zero-order valence-corrected chi connectivity index (χ0v) is 8.54. The molecule has 0 radical (unpaired) electrons. The van der Waals surface area contributed by atoms with Crippen LogP contribution in [-0.4, -0.2) is 30.9 Å². The van der Waals surface area contributed by atoms with Crippen LogP contribution in [0.15, 0.2) is 3.77 Å². The van der Waals surface area contributed by atoms with Gasteiger partial charge in [0.25, 0.3) is 10.0 Å². The highest BCUT2D eigenvalue weighted by Crippen LogP contribution is 1.98. The highest BCUT2D eigenvalue weighted by molar-refractivity contribution is 8.02. The molecule has 0 amide bonds. The summed E-state index contributed by atoms with van der Waals surface area (Å²) in [6.07, 6.45) is 2.98. The van der Waals surface area contributed by atoms with Crippen molar-refractivity contribution in [3.8, 4) is 0 Å². The van der Waals surface area contributed by atoms with Gasteiger partial charge in [0.15, 0.2) is 0 Å². The first-order chi connectivity index (χ1) is 4.77. The van der Waals surface area contributed by atoms with Gasteiger partial charge in [0.2, 0.25) is 0 Å². The average molecular weight is 199 g/mol. The zero-order chi connectivity index (χ0) is 9.12. The summed E-state index contributed by atoms with van der Waals surface area (Å²) in [6, 6.07) is 0. The van der Waals surface area contributed by atoms with Gasteiger partial charge >= 0.3 is 0 Å². The second kappa shape index (κ2) is 3.53. The van der Waals surface area contributed by atoms with Gasteiger partial charge in [0, 0.05) is 12.0 Å². The predicted octanol–water partition coefficient (Wildman–Crippen LogP) is 0.454. The summed E-state index contributed by atoms with van der Waals surface area (Å²) in [5, 5.41) is 0. The molecule has 4 nitrogen and oxygen atoms in total. The quantitative estimate of drug-likeness (QED) is 0.663. The van der Waals surface area contributed by atoms with Gasteiger partial charge in [-0.3, -0.25) is 0 Å². The molecule has 11 heavy (non-hydrogen) atoms. The zero-order valence-electron chi connectivity index (χ0n) is 6.90. The van der Waals surface area contributed by atoms with Gasteiger partial charge in [-0.2, -0.15) is 0 Å². The molecule has 0 rings (SSSR count). The fourth-order valence-electron chi connectivity index (χ4n) is 0.702. The van der Waals surface area contributed by atoms with E-state index >= 15 is 0 Å². The topological polar surface area (TPSA) is 63.6 Å². The van der Waals surface area contributed by atoms with E-state index in [4.69, 9.17) is 0 Å². The largest absolute Gasteiger partial charge is 0.257 e. The third-order valence-corrected chi connectivity index (χ3v) is 4.39. The minimum absolute atomic E-state index is 0.333. The van der Waals surface area contributed by atoms with Crippen LogP contribution in [0.4, 0.5) is 0 Å². The number of nitrogens with zero attached hydrogens (tertiary/aromatic N) is 1. The van der Waals surface area contributed by atoms with Crippen molar-refractivity contribution in [1.29, 1.82) is 0 Å². The lowest BCUT2D eigenvalue weighted by Gasteiger charge is -1.98. The molecule has 0 saturated carbocycles. The molecule has 6 heteroatoms. The molecule has 1 unspecified atom stereocenters. The Labute approximate surface area is 68.2 Å². The third kappa shape index (κ3) is 6.30. The maximum absolute atomic E-state index is 11.3. The van der Waals surface area contributed by atoms with E-state index in [1.54, 1.807) is 0 Å². The predicted molar refractivity (Wildman–Crippen MR) is 46.5 cm³/mol. The van der Waals surface area contributed by atoms with Gasteiger partial charge in [-0.25, -0.2) is 12.6 Å². The Balaban J connectivity index is 4.84. The van der Waals surface area contributed by atoms with Crippen LogP contribution in [0, 0.1) is 0 Å². The number of hydrogen-bond acceptors (Lipinski definition) is 3. The summed E-state index contributed by atoms with van der Waals surface area (Å²) in [5.41, 5.74) is 0. The number of rotatable bonds is 3. The van der Waals surface area contributed by atoms with Gasteiger partial charge in [0.05, 0.1) is 16.0 Å². The summed E-state index contributed by atoms with van der Waals surface area (Å²) in [5.74, 6) is 0.333. The van der Waals surface area contributed by atoms with E-state index in [0.29, 0.717) is 12.2 Å². The first kappa shape index (κ1) is 10.9. The molecule has 0 heterocycles. The third-order valence-electron chi connectivity index (χ3n) is 0.876. The van der Waals surface area contributed by atoms with Crippen molar-refractivity contribution >= 4 is 19.8 Å². The van der Waals surface area contributed by atoms with Gasteiger partial charge < -0.3 is 0 Å². The lowest BCUT2D eigenvalue weighted by atomic mass is 10.6. The smallest absolute Gasteiger partial charge is 0.249 e. The van der Waals surface area contributed by atoms with Crippen LogP contribution in [0.25, 0.3) is 0 Å². The second-order valence-electron chi connectivity index (χ2n) is 2.47. The molecular weight excluding hydrogens is 186 g/mol. The van der Waals surface area contributed by atoms with Crippen molar-refractivity contribution < 1.29 is 12.6 Å². The van der Waals surface area contributed by atoms with Crippen molar-refractivity contribution in [1.82, 2.24) is 0 Å². The molecule has 0 fully saturated rings. The summed E-state index contributed by atoms with van der Waals surface area (Å²) < 4.78 is 35.6. The molecule has 0 aliphatic heterocycles. The standard InChI is InChI=1S/C5H13NO3S2/c1-4-5-10(2,7)6-11(3,8)9/h4-5H2,1-3H3. The Kier molecular flexibility index (Phi) is 3.50. The molecule has 1 atom stereocenters. The van der Waals surface area contributed by atoms with Crippen molar-refractivity contribution in [3.63, 3.8) is 0 Å². The van der Waals surface area contributed by atoms with E-state index in [-0.39, 0.29) is 0 Å². The van der Waals surface area contributed by atoms with Crippen molar-refractivity contribution in [2.24, 2.45) is 3.77 Å². The molecule has 0 aromatic carbocycles. The molecule has 68 valence electrons. The molecular formula is C5H13NO3S2. The Hall–Kier alpha value is -0.100. The molecule has 0 N–H and O–H groups in total. The van der Waals surface area contributed by atoms with Crippen molar-refractivity contribution in [2.75, 3.05) is 18.3 Å². The lowest BCUT2D eigenvalue weighted by molar-refractivity contribution is 0.603. The summed E-state index contributed by atoms with van der Waals surface area (Å²) in [6.45, 7) is 1.83. The normalized spacial score (nSPS) is 17.4. The van der Waals surface area contributed by atoms with E-state index in [1.165, 1.54) is 6.26 Å². The average Bonchev–Trinajstić information content (AvgIpc) is 1.55. The molecule has 0 aromatic heterocycles. The monoisotopic (exact) mass is 199 g/mol. The van der Waals surface area contributed by atoms with Gasteiger partial charge in [-0.1, -0.05) is 6.92 Å². The fourth-order valence-corrected chi connectivity index (χ4v) is 4.05. The van der Waals surface area contributed by atoms with E-state index in [2.05, 4.69) is 3.77 Å². The molecule has 0 bridgehead atoms. The summed E-state index contributed by atoms with van der Waals surface area (Å²) >= 11 is 0. The Bertz CT molecular complexity index is 322. The van der Waals surface area contributed by atoms with Crippen LogP contribution in [0.3, 0.4) is 0 Å². The van der Waals surface area contributed by atoms with Crippen LogP contribution in [-0.2, 0) is 19.8 Å². The fraction of sp³-hybridized carbons (Fsp3) is 1.00. The minimum atomic E-state index is -3.45. The first-order valence-electron chi connectivity index (χ1n) is 3.18. The minimum Gasteiger partial charge on any atom is -0.249 e. The maximum atomic E-state index is 11.3. The Morgan fingerprint density at radius 1 is 1.18 bits per heavy atom. The molecule has 0 aromatic rings. The van der Waals surface area contributed by atoms with E-state index < -0.39 is 19.8 Å². The van der Waals surface area contributed by atoms with E-state index in [1.807, 2.05) is 6.92 Å². The van der Waals surface area contributed by atoms with Gasteiger partial charge in [-0.05, 0) is 6.42 Å². The van der Waals surface area contributed by atoms with E-state index in [9.17, 15) is 12.6 Å². The van der Waals surface area contributed by atoms with Gasteiger partial charge in [-0.15, -0.1) is 3.77 Å². The SMILES string of the molecule is CCCS(C)(=O)=NS(C)(=O)=O. The Morgan fingerprint density at radius 2 is 1.64 bits per heavy atom. The van der Waals surface area contributed by atoms with Crippen LogP contribution < -0.4 is 0 Å². The molecule has 0 spiro atoms. The lowest BCUT2D eigenvalue weighted by Crippen LogP contribution is -2.05. The Morgan fingerprint density at radius 3 is 1.91 bits per heavy atom. The van der Waals surface area contributed by atoms with Crippen LogP contribution in [0.5, 0.6) is 0 Å². The molecule has 0 aliphatic rings. The molecule has 0 aliphatic carbocycles. The highest BCUT2D eigenvalue weighted by Gasteiger charge is 2.04. The first-order valence-corrected chi connectivity index (χ1v) is 7.12. The van der Waals surface area contributed by atoms with Gasteiger partial charge in [0.1, 0.15) is 0 Å². The van der Waals surface area contributed by atoms with Crippen molar-refractivity contribution in [3.05, 3.63) is 0 Å².